The summed E-state index contributed by atoms with van der Waals surface area (Å²) in [6.45, 7) is 3.06. The zero-order valence-electron chi connectivity index (χ0n) is 15.1. The molecule has 1 N–H and O–H groups in total. The van der Waals surface area contributed by atoms with Gasteiger partial charge in [0.25, 0.3) is 0 Å². The fraction of sp³-hybridized carbons (Fsp3) is 0.684. The average Bonchev–Trinajstić information content (AvgIpc) is 3.00. The highest BCUT2D eigenvalue weighted by Crippen LogP contribution is 2.60. The minimum atomic E-state index is -0.760. The molecular formula is C19H24N2O4S. The summed E-state index contributed by atoms with van der Waals surface area (Å²) in [5.41, 5.74) is -0.151. The average molecular weight is 376 g/mol. The van der Waals surface area contributed by atoms with Crippen LogP contribution in [-0.4, -0.2) is 28.7 Å². The number of thiazole rings is 1. The largest absolute Gasteiger partial charge is 0.450 e. The lowest BCUT2D eigenvalue weighted by Crippen LogP contribution is -2.52. The number of esters is 1. The predicted octanol–water partition coefficient (Wildman–Crippen LogP) is 3.43. The molecule has 4 bridgehead atoms. The van der Waals surface area contributed by atoms with E-state index in [-0.39, 0.29) is 22.8 Å². The Balaban J connectivity index is 1.42. The number of rotatable bonds is 5. The number of hydrogen-bond acceptors (Lipinski definition) is 6. The number of carbonyl (C=O) groups excluding carboxylic acids is 3. The van der Waals surface area contributed by atoms with Crippen LogP contribution in [0.15, 0.2) is 5.38 Å². The van der Waals surface area contributed by atoms with Crippen LogP contribution in [0.2, 0.25) is 0 Å². The normalized spacial score (nSPS) is 32.9. The Kier molecular flexibility index (Phi) is 4.37. The summed E-state index contributed by atoms with van der Waals surface area (Å²) in [4.78, 5) is 40.6. The van der Waals surface area contributed by atoms with Crippen LogP contribution in [0, 0.1) is 23.2 Å². The second-order valence-electron chi connectivity index (χ2n) is 8.33. The van der Waals surface area contributed by atoms with Gasteiger partial charge in [-0.1, -0.05) is 0 Å². The van der Waals surface area contributed by atoms with Gasteiger partial charge in [-0.05, 0) is 63.2 Å². The molecule has 0 aliphatic heterocycles. The Morgan fingerprint density at radius 3 is 2.31 bits per heavy atom. The van der Waals surface area contributed by atoms with Crippen molar-refractivity contribution in [2.45, 2.75) is 58.5 Å². The number of anilines is 1. The molecular weight excluding hydrogens is 352 g/mol. The van der Waals surface area contributed by atoms with Crippen LogP contribution in [0.3, 0.4) is 0 Å². The second kappa shape index (κ2) is 6.44. The van der Waals surface area contributed by atoms with E-state index in [2.05, 4.69) is 10.3 Å². The molecule has 7 heteroatoms. The number of ether oxygens (including phenoxy) is 1. The van der Waals surface area contributed by atoms with Crippen LogP contribution in [0.1, 0.15) is 62.9 Å². The van der Waals surface area contributed by atoms with Crippen LogP contribution in [0.25, 0.3) is 0 Å². The molecule has 0 radical (unpaired) electrons. The van der Waals surface area contributed by atoms with E-state index >= 15 is 0 Å². The summed E-state index contributed by atoms with van der Waals surface area (Å²) in [7, 11) is 0. The maximum atomic E-state index is 13.2. The Morgan fingerprint density at radius 1 is 1.19 bits per heavy atom. The summed E-state index contributed by atoms with van der Waals surface area (Å²) < 4.78 is 5.45. The van der Waals surface area contributed by atoms with E-state index in [9.17, 15) is 14.4 Å². The van der Waals surface area contributed by atoms with Gasteiger partial charge in [0.05, 0.1) is 0 Å². The molecule has 6 nitrogen and oxygen atoms in total. The van der Waals surface area contributed by atoms with Crippen LogP contribution in [0.5, 0.6) is 0 Å². The topological polar surface area (TPSA) is 85.4 Å². The fourth-order valence-electron chi connectivity index (χ4n) is 5.69. The monoisotopic (exact) mass is 376 g/mol. The van der Waals surface area contributed by atoms with Gasteiger partial charge in [-0.2, -0.15) is 0 Å². The molecule has 140 valence electrons. The highest BCUT2D eigenvalue weighted by Gasteiger charge is 2.55. The minimum Gasteiger partial charge on any atom is -0.450 e. The van der Waals surface area contributed by atoms with Crippen molar-refractivity contribution in [3.63, 3.8) is 0 Å². The summed E-state index contributed by atoms with van der Waals surface area (Å²) in [6, 6.07) is 0. The zero-order valence-corrected chi connectivity index (χ0v) is 15.9. The zero-order chi connectivity index (χ0) is 18.5. The molecule has 0 unspecified atom stereocenters. The third-order valence-corrected chi connectivity index (χ3v) is 6.97. The third-order valence-electron chi connectivity index (χ3n) is 6.21. The van der Waals surface area contributed by atoms with Crippen LogP contribution >= 0.6 is 11.3 Å². The maximum absolute atomic E-state index is 13.2. The number of aromatic nitrogens is 1. The molecule has 1 heterocycles. The van der Waals surface area contributed by atoms with Gasteiger partial charge in [0, 0.05) is 17.7 Å². The minimum absolute atomic E-state index is 0.0854. The Labute approximate surface area is 156 Å². The number of nitrogens with one attached hydrogen (secondary N) is 1. The van der Waals surface area contributed by atoms with E-state index in [1.807, 2.05) is 0 Å². The number of amides is 1. The van der Waals surface area contributed by atoms with Crippen molar-refractivity contribution in [2.24, 2.45) is 23.2 Å². The summed E-state index contributed by atoms with van der Waals surface area (Å²) in [5, 5.41) is 4.43. The molecule has 4 saturated carbocycles. The molecule has 26 heavy (non-hydrogen) atoms. The number of ketones is 1. The molecule has 0 spiro atoms. The van der Waals surface area contributed by atoms with E-state index in [1.165, 1.54) is 31.6 Å². The Morgan fingerprint density at radius 2 is 1.77 bits per heavy atom. The third kappa shape index (κ3) is 3.17. The van der Waals surface area contributed by atoms with Crippen molar-refractivity contribution in [1.82, 2.24) is 4.98 Å². The van der Waals surface area contributed by atoms with E-state index in [4.69, 9.17) is 4.74 Å². The molecule has 5 rings (SSSR count). The summed E-state index contributed by atoms with van der Waals surface area (Å²) in [6.07, 6.45) is 5.93. The van der Waals surface area contributed by atoms with Crippen molar-refractivity contribution in [2.75, 3.05) is 5.32 Å². The number of hydrogen-bond donors (Lipinski definition) is 1. The van der Waals surface area contributed by atoms with Crippen molar-refractivity contribution >= 4 is 34.1 Å². The Bertz CT molecular complexity index is 721. The van der Waals surface area contributed by atoms with Crippen LogP contribution in [0.4, 0.5) is 5.13 Å². The van der Waals surface area contributed by atoms with E-state index < -0.39 is 12.1 Å². The highest BCUT2D eigenvalue weighted by atomic mass is 32.1. The lowest BCUT2D eigenvalue weighted by atomic mass is 9.48. The van der Waals surface area contributed by atoms with Crippen molar-refractivity contribution in [3.8, 4) is 0 Å². The first-order valence-electron chi connectivity index (χ1n) is 9.33. The molecule has 1 aromatic heterocycles. The summed E-state index contributed by atoms with van der Waals surface area (Å²) in [5.74, 6) is 1.25. The number of nitrogens with zero attached hydrogens (tertiary/aromatic N) is 1. The van der Waals surface area contributed by atoms with E-state index in [0.717, 1.165) is 30.6 Å². The molecule has 1 aromatic rings. The second-order valence-corrected chi connectivity index (χ2v) is 9.19. The molecule has 0 aromatic carbocycles. The van der Waals surface area contributed by atoms with Crippen LogP contribution in [-0.2, 0) is 14.3 Å². The predicted molar refractivity (Wildman–Crippen MR) is 96.9 cm³/mol. The van der Waals surface area contributed by atoms with Gasteiger partial charge >= 0.3 is 5.97 Å². The van der Waals surface area contributed by atoms with Gasteiger partial charge in [0.15, 0.2) is 22.7 Å². The van der Waals surface area contributed by atoms with Gasteiger partial charge in [0.1, 0.15) is 0 Å². The first-order valence-corrected chi connectivity index (χ1v) is 10.2. The smallest absolute Gasteiger partial charge is 0.358 e. The Hall–Kier alpha value is -1.76. The SMILES string of the molecule is CC(=O)Nc1nc(C(=O)O[C@@H](C)C(=O)C23CC4CC(CC(C4)C2)C3)cs1. The van der Waals surface area contributed by atoms with Crippen molar-refractivity contribution < 1.29 is 19.1 Å². The molecule has 0 saturated heterocycles. The van der Waals surface area contributed by atoms with Gasteiger partial charge in [-0.3, -0.25) is 9.59 Å². The first-order chi connectivity index (χ1) is 12.3. The molecule has 1 atom stereocenters. The number of carbonyl (C=O) groups is 3. The quantitative estimate of drug-likeness (QED) is 0.796. The van der Waals surface area contributed by atoms with Crippen molar-refractivity contribution in [1.29, 1.82) is 0 Å². The highest BCUT2D eigenvalue weighted by molar-refractivity contribution is 7.14. The number of Topliss-reactive ketones (excluding diaryl/α,β-unsaturated/α-hetero) is 1. The maximum Gasteiger partial charge on any atom is 0.358 e. The molecule has 4 aliphatic carbocycles. The fourth-order valence-corrected chi connectivity index (χ4v) is 6.42. The lowest BCUT2D eigenvalue weighted by molar-refractivity contribution is -0.152. The molecule has 4 fully saturated rings. The van der Waals surface area contributed by atoms with Crippen molar-refractivity contribution in [3.05, 3.63) is 11.1 Å². The molecule has 4 aliphatic rings. The summed E-state index contributed by atoms with van der Waals surface area (Å²) >= 11 is 1.16. The van der Waals surface area contributed by atoms with Gasteiger partial charge in [-0.25, -0.2) is 9.78 Å². The van der Waals surface area contributed by atoms with E-state index in [1.54, 1.807) is 6.92 Å². The van der Waals surface area contributed by atoms with E-state index in [0.29, 0.717) is 22.9 Å². The standard InChI is InChI=1S/C19H24N2O4S/c1-10(25-17(24)15-9-26-18(21-15)20-11(2)22)16(23)19-6-12-3-13(7-19)5-14(4-12)8-19/h9-10,12-14H,3-8H2,1-2H3,(H,20,21,22)/t10-,12?,13?,14?,19?/m0/s1. The first kappa shape index (κ1) is 17.6. The van der Waals surface area contributed by atoms with Gasteiger partial charge < -0.3 is 10.1 Å². The van der Waals surface area contributed by atoms with Gasteiger partial charge in [-0.15, -0.1) is 11.3 Å². The lowest BCUT2D eigenvalue weighted by Gasteiger charge is -2.56. The van der Waals surface area contributed by atoms with Gasteiger partial charge in [0.2, 0.25) is 5.91 Å². The van der Waals surface area contributed by atoms with Crippen LogP contribution < -0.4 is 5.32 Å². The molecule has 1 amide bonds.